The molecule has 33 heavy (non-hydrogen) atoms. The van der Waals surface area contributed by atoms with Crippen molar-refractivity contribution < 1.29 is 23.7 Å². The molecule has 0 spiro atoms. The van der Waals surface area contributed by atoms with Crippen LogP contribution in [0.1, 0.15) is 40.0 Å². The summed E-state index contributed by atoms with van der Waals surface area (Å²) in [5.41, 5.74) is 3.38. The Kier molecular flexibility index (Phi) is 5.52. The van der Waals surface area contributed by atoms with Crippen LogP contribution in [0.3, 0.4) is 0 Å². The standard InChI is InChI=1S/C27H25NO5/c1-17(18-7-5-4-6-8-18)28-15-22-23(32-16-28)12-11-21-26(29)25(33-27(21)22)13-19-9-10-20(30-2)14-24(19)31-3/h4-14,17H,15-16H2,1-3H3/b25-13-. The third kappa shape index (κ3) is 3.83. The highest BCUT2D eigenvalue weighted by Crippen LogP contribution is 2.43. The second kappa shape index (κ2) is 8.64. The molecule has 5 rings (SSSR count). The fourth-order valence-corrected chi connectivity index (χ4v) is 4.25. The minimum atomic E-state index is -0.154. The molecule has 0 aromatic heterocycles. The highest BCUT2D eigenvalue weighted by Gasteiger charge is 2.34. The van der Waals surface area contributed by atoms with E-state index in [0.717, 1.165) is 16.9 Å². The number of ketones is 1. The molecule has 168 valence electrons. The Morgan fingerprint density at radius 1 is 1.03 bits per heavy atom. The van der Waals surface area contributed by atoms with Crippen LogP contribution in [0.5, 0.6) is 23.0 Å². The molecular weight excluding hydrogens is 418 g/mol. The predicted molar refractivity (Wildman–Crippen MR) is 125 cm³/mol. The molecule has 0 saturated heterocycles. The number of methoxy groups -OCH3 is 2. The first-order chi connectivity index (χ1) is 16.1. The van der Waals surface area contributed by atoms with Gasteiger partial charge in [-0.15, -0.1) is 0 Å². The van der Waals surface area contributed by atoms with E-state index >= 15 is 0 Å². The Morgan fingerprint density at radius 3 is 2.61 bits per heavy atom. The molecule has 6 heteroatoms. The molecule has 1 unspecified atom stereocenters. The van der Waals surface area contributed by atoms with Crippen molar-refractivity contribution >= 4 is 11.9 Å². The lowest BCUT2D eigenvalue weighted by atomic mass is 10.0. The van der Waals surface area contributed by atoms with Crippen molar-refractivity contribution in [2.24, 2.45) is 0 Å². The molecule has 0 aliphatic carbocycles. The Balaban J connectivity index is 1.46. The van der Waals surface area contributed by atoms with Gasteiger partial charge in [0.1, 0.15) is 29.7 Å². The monoisotopic (exact) mass is 443 g/mol. The number of hydrogen-bond donors (Lipinski definition) is 0. The lowest BCUT2D eigenvalue weighted by Crippen LogP contribution is -2.34. The number of benzene rings is 3. The van der Waals surface area contributed by atoms with E-state index in [0.29, 0.717) is 36.1 Å². The number of rotatable bonds is 5. The Morgan fingerprint density at radius 2 is 1.85 bits per heavy atom. The molecule has 0 amide bonds. The van der Waals surface area contributed by atoms with Crippen LogP contribution in [0.2, 0.25) is 0 Å². The molecule has 0 bridgehead atoms. The maximum atomic E-state index is 13.1. The first-order valence-corrected chi connectivity index (χ1v) is 10.8. The second-order valence-electron chi connectivity index (χ2n) is 8.07. The molecule has 0 fully saturated rings. The molecule has 2 heterocycles. The predicted octanol–water partition coefficient (Wildman–Crippen LogP) is 5.23. The summed E-state index contributed by atoms with van der Waals surface area (Å²) in [7, 11) is 3.18. The summed E-state index contributed by atoms with van der Waals surface area (Å²) in [5.74, 6) is 2.70. The van der Waals surface area contributed by atoms with Crippen molar-refractivity contribution in [1.29, 1.82) is 0 Å². The molecule has 2 aliphatic heterocycles. The quantitative estimate of drug-likeness (QED) is 0.503. The van der Waals surface area contributed by atoms with Gasteiger partial charge in [-0.25, -0.2) is 0 Å². The van der Waals surface area contributed by atoms with E-state index in [4.69, 9.17) is 18.9 Å². The number of Topliss-reactive ketones (excluding diaryl/α,β-unsaturated/α-hetero) is 1. The fraction of sp³-hybridized carbons (Fsp3) is 0.222. The summed E-state index contributed by atoms with van der Waals surface area (Å²) in [6, 6.07) is 19.5. The Labute approximate surface area is 193 Å². The number of carbonyl (C=O) groups excluding carboxylic acids is 1. The van der Waals surface area contributed by atoms with Gasteiger partial charge in [0.25, 0.3) is 0 Å². The smallest absolute Gasteiger partial charge is 0.231 e. The van der Waals surface area contributed by atoms with Crippen LogP contribution in [-0.2, 0) is 6.54 Å². The first-order valence-electron chi connectivity index (χ1n) is 10.8. The minimum absolute atomic E-state index is 0.154. The number of carbonyl (C=O) groups is 1. The summed E-state index contributed by atoms with van der Waals surface area (Å²) in [5, 5.41) is 0. The maximum Gasteiger partial charge on any atom is 0.231 e. The molecule has 0 saturated carbocycles. The highest BCUT2D eigenvalue weighted by atomic mass is 16.5. The van der Waals surface area contributed by atoms with Crippen molar-refractivity contribution in [3.8, 4) is 23.0 Å². The van der Waals surface area contributed by atoms with Crippen LogP contribution in [0.25, 0.3) is 6.08 Å². The lowest BCUT2D eigenvalue weighted by Gasteiger charge is -2.34. The fourth-order valence-electron chi connectivity index (χ4n) is 4.25. The van der Waals surface area contributed by atoms with E-state index in [1.54, 1.807) is 32.4 Å². The molecule has 2 aliphatic rings. The zero-order chi connectivity index (χ0) is 22.9. The zero-order valence-corrected chi connectivity index (χ0v) is 18.8. The first kappa shape index (κ1) is 21.1. The van der Waals surface area contributed by atoms with Gasteiger partial charge in [-0.1, -0.05) is 30.3 Å². The van der Waals surface area contributed by atoms with Crippen LogP contribution in [0, 0.1) is 0 Å². The summed E-state index contributed by atoms with van der Waals surface area (Å²) in [6.45, 7) is 3.25. The topological polar surface area (TPSA) is 57.2 Å². The van der Waals surface area contributed by atoms with Gasteiger partial charge in [0.05, 0.1) is 25.3 Å². The molecule has 0 radical (unpaired) electrons. The van der Waals surface area contributed by atoms with Crippen molar-refractivity contribution in [2.45, 2.75) is 19.5 Å². The van der Waals surface area contributed by atoms with Crippen molar-refractivity contribution in [3.05, 3.63) is 88.7 Å². The number of fused-ring (bicyclic) bond motifs is 3. The van der Waals surface area contributed by atoms with Gasteiger partial charge < -0.3 is 18.9 Å². The maximum absolute atomic E-state index is 13.1. The van der Waals surface area contributed by atoms with Gasteiger partial charge in [0.2, 0.25) is 5.78 Å². The number of hydrogen-bond acceptors (Lipinski definition) is 6. The minimum Gasteiger partial charge on any atom is -0.497 e. The lowest BCUT2D eigenvalue weighted by molar-refractivity contribution is 0.0606. The molecule has 0 N–H and O–H groups in total. The zero-order valence-electron chi connectivity index (χ0n) is 18.8. The molecule has 3 aromatic carbocycles. The van der Waals surface area contributed by atoms with Crippen LogP contribution in [0.15, 0.2) is 66.4 Å². The Bertz CT molecular complexity index is 1230. The normalized spacial score (nSPS) is 17.1. The second-order valence-corrected chi connectivity index (χ2v) is 8.07. The van der Waals surface area contributed by atoms with Crippen molar-refractivity contribution in [2.75, 3.05) is 21.0 Å². The van der Waals surface area contributed by atoms with Crippen LogP contribution >= 0.6 is 0 Å². The van der Waals surface area contributed by atoms with Gasteiger partial charge >= 0.3 is 0 Å². The SMILES string of the molecule is COc1ccc(/C=C2\Oc3c(ccc4c3CN(C(C)c3ccccc3)CO4)C2=O)c(OC)c1. The highest BCUT2D eigenvalue weighted by molar-refractivity contribution is 6.15. The molecular formula is C27H25NO5. The number of allylic oxidation sites excluding steroid dienone is 1. The van der Waals surface area contributed by atoms with Crippen LogP contribution < -0.4 is 18.9 Å². The summed E-state index contributed by atoms with van der Waals surface area (Å²) in [4.78, 5) is 15.4. The van der Waals surface area contributed by atoms with Crippen molar-refractivity contribution in [1.82, 2.24) is 4.90 Å². The van der Waals surface area contributed by atoms with E-state index in [2.05, 4.69) is 24.0 Å². The average Bonchev–Trinajstić information content (AvgIpc) is 3.19. The molecule has 6 nitrogen and oxygen atoms in total. The van der Waals surface area contributed by atoms with Gasteiger partial charge in [-0.2, -0.15) is 0 Å². The number of ether oxygens (including phenoxy) is 4. The third-order valence-corrected chi connectivity index (χ3v) is 6.20. The van der Waals surface area contributed by atoms with Gasteiger partial charge in [0.15, 0.2) is 5.76 Å². The van der Waals surface area contributed by atoms with Crippen LogP contribution in [0.4, 0.5) is 0 Å². The Hall–Kier alpha value is -3.77. The average molecular weight is 443 g/mol. The van der Waals surface area contributed by atoms with E-state index in [1.807, 2.05) is 36.4 Å². The van der Waals surface area contributed by atoms with E-state index in [-0.39, 0.29) is 17.6 Å². The summed E-state index contributed by atoms with van der Waals surface area (Å²) >= 11 is 0. The van der Waals surface area contributed by atoms with Gasteiger partial charge in [-0.05, 0) is 42.8 Å². The van der Waals surface area contributed by atoms with Gasteiger partial charge in [-0.3, -0.25) is 9.69 Å². The summed E-state index contributed by atoms with van der Waals surface area (Å²) < 4.78 is 22.9. The van der Waals surface area contributed by atoms with E-state index < -0.39 is 0 Å². The summed E-state index contributed by atoms with van der Waals surface area (Å²) in [6.07, 6.45) is 1.71. The van der Waals surface area contributed by atoms with Crippen LogP contribution in [-0.4, -0.2) is 31.6 Å². The largest absolute Gasteiger partial charge is 0.497 e. The van der Waals surface area contributed by atoms with Gasteiger partial charge in [0, 0.05) is 24.2 Å². The molecule has 1 atom stereocenters. The molecule has 3 aromatic rings. The van der Waals surface area contributed by atoms with Crippen molar-refractivity contribution in [3.63, 3.8) is 0 Å². The number of nitrogens with zero attached hydrogens (tertiary/aromatic N) is 1. The van der Waals surface area contributed by atoms with E-state index in [1.165, 1.54) is 5.56 Å². The third-order valence-electron chi connectivity index (χ3n) is 6.20. The van der Waals surface area contributed by atoms with E-state index in [9.17, 15) is 4.79 Å².